The zero-order chi connectivity index (χ0) is 15.7. The van der Waals surface area contributed by atoms with Crippen LogP contribution in [0, 0.1) is 5.82 Å². The number of sulfone groups is 1. The highest BCUT2D eigenvalue weighted by Gasteiger charge is 2.10. The van der Waals surface area contributed by atoms with Gasteiger partial charge >= 0.3 is 0 Å². The fourth-order valence-corrected chi connectivity index (χ4v) is 2.80. The summed E-state index contributed by atoms with van der Waals surface area (Å²) in [5.41, 5.74) is 2.10. The van der Waals surface area contributed by atoms with Crippen molar-refractivity contribution in [3.05, 3.63) is 60.5 Å². The van der Waals surface area contributed by atoms with Gasteiger partial charge < -0.3 is 5.32 Å². The van der Waals surface area contributed by atoms with Crippen molar-refractivity contribution in [2.24, 2.45) is 0 Å². The van der Waals surface area contributed by atoms with Crippen molar-refractivity contribution in [2.75, 3.05) is 11.6 Å². The smallest absolute Gasteiger partial charge is 0.175 e. The Balaban J connectivity index is 2.10. The lowest BCUT2D eigenvalue weighted by Gasteiger charge is -2.10. The number of halogens is 1. The molecule has 3 aromatic rings. The Morgan fingerprint density at radius 3 is 2.45 bits per heavy atom. The first-order valence-corrected chi connectivity index (χ1v) is 8.44. The number of hydrogen-bond donors (Lipinski definition) is 1. The van der Waals surface area contributed by atoms with Crippen molar-refractivity contribution in [2.45, 2.75) is 4.90 Å². The molecule has 0 fully saturated rings. The maximum atomic E-state index is 13.0. The van der Waals surface area contributed by atoms with Crippen molar-refractivity contribution in [3.63, 3.8) is 0 Å². The Hall–Kier alpha value is -2.47. The van der Waals surface area contributed by atoms with E-state index in [1.165, 1.54) is 18.2 Å². The molecule has 0 spiro atoms. The number of pyridine rings is 1. The van der Waals surface area contributed by atoms with Gasteiger partial charge in [0.15, 0.2) is 9.84 Å². The molecule has 3 rings (SSSR count). The van der Waals surface area contributed by atoms with Gasteiger partial charge in [0.1, 0.15) is 5.82 Å². The molecule has 1 N–H and O–H groups in total. The first-order valence-electron chi connectivity index (χ1n) is 6.55. The van der Waals surface area contributed by atoms with Gasteiger partial charge in [-0.1, -0.05) is 0 Å². The van der Waals surface area contributed by atoms with Crippen molar-refractivity contribution >= 4 is 32.1 Å². The number of anilines is 2. The molecule has 0 amide bonds. The Morgan fingerprint density at radius 2 is 1.77 bits per heavy atom. The maximum absolute atomic E-state index is 13.0. The van der Waals surface area contributed by atoms with E-state index in [1.54, 1.807) is 36.5 Å². The van der Waals surface area contributed by atoms with Crippen molar-refractivity contribution < 1.29 is 12.8 Å². The lowest BCUT2D eigenvalue weighted by atomic mass is 10.2. The maximum Gasteiger partial charge on any atom is 0.175 e. The van der Waals surface area contributed by atoms with Crippen LogP contribution in [-0.2, 0) is 9.84 Å². The van der Waals surface area contributed by atoms with Crippen LogP contribution in [0.25, 0.3) is 10.9 Å². The molecule has 2 aromatic carbocycles. The summed E-state index contributed by atoms with van der Waals surface area (Å²) in [6, 6.07) is 12.5. The number of fused-ring (bicyclic) bond motifs is 1. The number of aromatic nitrogens is 1. The fourth-order valence-electron chi connectivity index (χ4n) is 2.15. The van der Waals surface area contributed by atoms with Gasteiger partial charge in [-0.05, 0) is 48.5 Å². The Labute approximate surface area is 127 Å². The molecule has 0 saturated heterocycles. The van der Waals surface area contributed by atoms with Crippen LogP contribution in [0.1, 0.15) is 0 Å². The van der Waals surface area contributed by atoms with Crippen molar-refractivity contribution in [3.8, 4) is 0 Å². The molecular weight excluding hydrogens is 303 g/mol. The van der Waals surface area contributed by atoms with Gasteiger partial charge in [0.05, 0.1) is 10.4 Å². The lowest BCUT2D eigenvalue weighted by Crippen LogP contribution is -1.98. The summed E-state index contributed by atoms with van der Waals surface area (Å²) in [6.07, 6.45) is 2.80. The van der Waals surface area contributed by atoms with E-state index in [0.717, 1.165) is 6.26 Å². The summed E-state index contributed by atoms with van der Waals surface area (Å²) in [6.45, 7) is 0. The minimum Gasteiger partial charge on any atom is -0.355 e. The highest BCUT2D eigenvalue weighted by atomic mass is 32.2. The van der Waals surface area contributed by atoms with Gasteiger partial charge in [-0.15, -0.1) is 0 Å². The van der Waals surface area contributed by atoms with Crippen molar-refractivity contribution in [1.29, 1.82) is 0 Å². The normalized spacial score (nSPS) is 11.5. The predicted molar refractivity (Wildman–Crippen MR) is 84.5 cm³/mol. The lowest BCUT2D eigenvalue weighted by molar-refractivity contribution is 0.602. The van der Waals surface area contributed by atoms with Crippen LogP contribution in [0.3, 0.4) is 0 Å². The van der Waals surface area contributed by atoms with E-state index in [1.807, 2.05) is 0 Å². The Bertz CT molecular complexity index is 938. The van der Waals surface area contributed by atoms with Crippen molar-refractivity contribution in [1.82, 2.24) is 4.98 Å². The molecule has 6 heteroatoms. The molecule has 0 saturated carbocycles. The van der Waals surface area contributed by atoms with Crippen LogP contribution < -0.4 is 5.32 Å². The molecule has 22 heavy (non-hydrogen) atoms. The average Bonchev–Trinajstić information content (AvgIpc) is 2.48. The zero-order valence-electron chi connectivity index (χ0n) is 11.7. The van der Waals surface area contributed by atoms with E-state index >= 15 is 0 Å². The molecule has 0 unspecified atom stereocenters. The zero-order valence-corrected chi connectivity index (χ0v) is 12.6. The third-order valence-corrected chi connectivity index (χ3v) is 4.37. The van der Waals surface area contributed by atoms with E-state index < -0.39 is 9.84 Å². The first kappa shape index (κ1) is 14.5. The fraction of sp³-hybridized carbons (Fsp3) is 0.0625. The van der Waals surface area contributed by atoms with Crippen LogP contribution in [0.2, 0.25) is 0 Å². The minimum atomic E-state index is -3.29. The molecule has 1 aromatic heterocycles. The van der Waals surface area contributed by atoms with Gasteiger partial charge in [-0.25, -0.2) is 12.8 Å². The highest BCUT2D eigenvalue weighted by molar-refractivity contribution is 7.90. The number of benzene rings is 2. The van der Waals surface area contributed by atoms with Gasteiger partial charge in [-0.2, -0.15) is 0 Å². The van der Waals surface area contributed by atoms with Crippen LogP contribution >= 0.6 is 0 Å². The van der Waals surface area contributed by atoms with Gasteiger partial charge in [-0.3, -0.25) is 4.98 Å². The average molecular weight is 316 g/mol. The second-order valence-electron chi connectivity index (χ2n) is 4.94. The topological polar surface area (TPSA) is 59.1 Å². The number of hydrogen-bond acceptors (Lipinski definition) is 4. The molecule has 0 aliphatic rings. The quantitative estimate of drug-likeness (QED) is 0.803. The van der Waals surface area contributed by atoms with E-state index in [0.29, 0.717) is 22.3 Å². The monoisotopic (exact) mass is 316 g/mol. The summed E-state index contributed by atoms with van der Waals surface area (Å²) >= 11 is 0. The summed E-state index contributed by atoms with van der Waals surface area (Å²) < 4.78 is 36.4. The minimum absolute atomic E-state index is 0.232. The molecule has 0 bridgehead atoms. The first-order chi connectivity index (χ1) is 10.4. The summed E-state index contributed by atoms with van der Waals surface area (Å²) in [5, 5.41) is 3.84. The molecule has 112 valence electrons. The van der Waals surface area contributed by atoms with Crippen LogP contribution in [0.4, 0.5) is 15.8 Å². The molecule has 4 nitrogen and oxygen atoms in total. The van der Waals surface area contributed by atoms with E-state index in [4.69, 9.17) is 0 Å². The van der Waals surface area contributed by atoms with Crippen LogP contribution in [-0.4, -0.2) is 19.7 Å². The number of nitrogens with one attached hydrogen (secondary N) is 1. The molecule has 0 aliphatic carbocycles. The highest BCUT2D eigenvalue weighted by Crippen LogP contribution is 2.27. The Kier molecular flexibility index (Phi) is 3.54. The van der Waals surface area contributed by atoms with Crippen LogP contribution in [0.5, 0.6) is 0 Å². The van der Waals surface area contributed by atoms with Crippen LogP contribution in [0.15, 0.2) is 59.6 Å². The molecule has 0 aliphatic heterocycles. The number of rotatable bonds is 3. The van der Waals surface area contributed by atoms with E-state index in [9.17, 15) is 12.8 Å². The molecular formula is C16H13FN2O2S. The SMILES string of the molecule is CS(=O)(=O)c1ccc2nccc(Nc3ccc(F)cc3)c2c1. The summed E-state index contributed by atoms with van der Waals surface area (Å²) in [7, 11) is -3.29. The summed E-state index contributed by atoms with van der Waals surface area (Å²) in [4.78, 5) is 4.46. The van der Waals surface area contributed by atoms with Gasteiger partial charge in [0.2, 0.25) is 0 Å². The molecule has 0 atom stereocenters. The predicted octanol–water partition coefficient (Wildman–Crippen LogP) is 3.52. The third kappa shape index (κ3) is 2.92. The summed E-state index contributed by atoms with van der Waals surface area (Å²) in [5.74, 6) is -0.315. The second kappa shape index (κ2) is 5.38. The Morgan fingerprint density at radius 1 is 1.05 bits per heavy atom. The molecule has 1 heterocycles. The largest absolute Gasteiger partial charge is 0.355 e. The van der Waals surface area contributed by atoms with E-state index in [-0.39, 0.29) is 10.7 Å². The third-order valence-electron chi connectivity index (χ3n) is 3.26. The second-order valence-corrected chi connectivity index (χ2v) is 6.96. The molecule has 0 radical (unpaired) electrons. The number of nitrogens with zero attached hydrogens (tertiary/aromatic N) is 1. The van der Waals surface area contributed by atoms with E-state index in [2.05, 4.69) is 10.3 Å². The standard InChI is InChI=1S/C16H13FN2O2S/c1-22(20,21)13-6-7-15-14(10-13)16(8-9-18-15)19-12-4-2-11(17)3-5-12/h2-10H,1H3,(H,18,19). The van der Waals surface area contributed by atoms with Gasteiger partial charge in [0, 0.05) is 29.2 Å². The van der Waals surface area contributed by atoms with Gasteiger partial charge in [0.25, 0.3) is 0 Å².